The van der Waals surface area contributed by atoms with E-state index in [4.69, 9.17) is 17.3 Å². The molecule has 3 N–H and O–H groups in total. The van der Waals surface area contributed by atoms with Crippen LogP contribution in [-0.2, 0) is 9.59 Å². The molecular weight excluding hydrogens is 363 g/mol. The largest absolute Gasteiger partial charge is 0.368 e. The van der Waals surface area contributed by atoms with E-state index in [0.717, 1.165) is 25.2 Å². The number of nitrogens with zero attached hydrogens (tertiary/aromatic N) is 2. The number of halogens is 2. The number of rotatable bonds is 6. The summed E-state index contributed by atoms with van der Waals surface area (Å²) in [6, 6.07) is 7.15. The van der Waals surface area contributed by atoms with Crippen LogP contribution in [0.1, 0.15) is 19.8 Å². The molecule has 1 fully saturated rings. The number of carbonyl (C=O) groups is 2. The topological polar surface area (TPSA) is 78.7 Å². The maximum Gasteiger partial charge on any atom is 0.242 e. The fourth-order valence-corrected chi connectivity index (χ4v) is 2.84. The summed E-state index contributed by atoms with van der Waals surface area (Å²) in [6.45, 7) is 4.78. The van der Waals surface area contributed by atoms with Gasteiger partial charge in [-0.3, -0.25) is 9.59 Å². The molecule has 0 aromatic heterocycles. The summed E-state index contributed by atoms with van der Waals surface area (Å²) in [5.41, 5.74) is 6.83. The molecule has 0 saturated carbocycles. The number of hydrogen-bond donors (Lipinski definition) is 2. The number of amides is 2. The van der Waals surface area contributed by atoms with E-state index in [0.29, 0.717) is 24.5 Å². The molecule has 1 aliphatic rings. The van der Waals surface area contributed by atoms with Gasteiger partial charge in [0.25, 0.3) is 0 Å². The van der Waals surface area contributed by atoms with E-state index in [-0.39, 0.29) is 30.8 Å². The lowest BCUT2D eigenvalue weighted by Crippen LogP contribution is -2.52. The predicted octanol–water partition coefficient (Wildman–Crippen LogP) is 1.65. The summed E-state index contributed by atoms with van der Waals surface area (Å²) in [5, 5.41) is 3.34. The van der Waals surface area contributed by atoms with Gasteiger partial charge in [0.2, 0.25) is 11.8 Å². The first kappa shape index (κ1) is 21.5. The van der Waals surface area contributed by atoms with Crippen LogP contribution in [0.15, 0.2) is 24.3 Å². The van der Waals surface area contributed by atoms with Crippen molar-refractivity contribution in [1.82, 2.24) is 10.2 Å². The number of anilines is 1. The standard InChI is InChI=1S/C17H25ClN4O2.ClH/c1-2-3-15(19)17(24)20-12-16(23)22-10-8-21(9-11-22)14-6-4-13(18)5-7-14;/h4-7,15H,2-3,8-12,19H2,1H3,(H,20,24);1H. The van der Waals surface area contributed by atoms with E-state index in [2.05, 4.69) is 10.2 Å². The lowest BCUT2D eigenvalue weighted by molar-refractivity contribution is -0.133. The molecule has 0 bridgehead atoms. The molecule has 1 aromatic rings. The van der Waals surface area contributed by atoms with Gasteiger partial charge >= 0.3 is 0 Å². The van der Waals surface area contributed by atoms with Crippen LogP contribution in [-0.4, -0.2) is 55.5 Å². The smallest absolute Gasteiger partial charge is 0.242 e. The first-order valence-electron chi connectivity index (χ1n) is 8.33. The number of carbonyl (C=O) groups excluding carboxylic acids is 2. The van der Waals surface area contributed by atoms with Crippen molar-refractivity contribution in [2.24, 2.45) is 5.73 Å². The van der Waals surface area contributed by atoms with E-state index in [9.17, 15) is 9.59 Å². The van der Waals surface area contributed by atoms with E-state index >= 15 is 0 Å². The lowest BCUT2D eigenvalue weighted by atomic mass is 10.2. The monoisotopic (exact) mass is 388 g/mol. The normalized spacial score (nSPS) is 15.3. The van der Waals surface area contributed by atoms with Crippen LogP contribution >= 0.6 is 24.0 Å². The molecule has 0 radical (unpaired) electrons. The molecule has 8 heteroatoms. The van der Waals surface area contributed by atoms with Crippen molar-refractivity contribution in [1.29, 1.82) is 0 Å². The number of piperazine rings is 1. The van der Waals surface area contributed by atoms with Gasteiger partial charge < -0.3 is 20.9 Å². The van der Waals surface area contributed by atoms with Gasteiger partial charge in [0.15, 0.2) is 0 Å². The minimum atomic E-state index is -0.537. The van der Waals surface area contributed by atoms with Gasteiger partial charge in [0.05, 0.1) is 12.6 Å². The van der Waals surface area contributed by atoms with Gasteiger partial charge in [0, 0.05) is 36.9 Å². The van der Waals surface area contributed by atoms with Crippen LogP contribution in [0.5, 0.6) is 0 Å². The highest BCUT2D eigenvalue weighted by Crippen LogP contribution is 2.19. The van der Waals surface area contributed by atoms with Crippen LogP contribution in [0, 0.1) is 0 Å². The third kappa shape index (κ3) is 6.38. The number of benzene rings is 1. The highest BCUT2D eigenvalue weighted by atomic mass is 35.5. The van der Waals surface area contributed by atoms with Gasteiger partial charge in [-0.2, -0.15) is 0 Å². The summed E-state index contributed by atoms with van der Waals surface area (Å²) >= 11 is 5.90. The Morgan fingerprint density at radius 1 is 1.20 bits per heavy atom. The van der Waals surface area contributed by atoms with Crippen LogP contribution in [0.25, 0.3) is 0 Å². The maximum atomic E-state index is 12.2. The number of nitrogens with two attached hydrogens (primary N) is 1. The first-order valence-corrected chi connectivity index (χ1v) is 8.70. The molecule has 140 valence electrons. The van der Waals surface area contributed by atoms with Crippen molar-refractivity contribution >= 4 is 41.5 Å². The molecule has 25 heavy (non-hydrogen) atoms. The molecule has 2 rings (SSSR count). The Balaban J connectivity index is 0.00000312. The van der Waals surface area contributed by atoms with Crippen molar-refractivity contribution in [2.45, 2.75) is 25.8 Å². The molecule has 6 nitrogen and oxygen atoms in total. The molecule has 1 atom stereocenters. The Hall–Kier alpha value is -1.50. The molecule has 0 aliphatic carbocycles. The highest BCUT2D eigenvalue weighted by Gasteiger charge is 2.22. The fraction of sp³-hybridized carbons (Fsp3) is 0.529. The van der Waals surface area contributed by atoms with Crippen molar-refractivity contribution in [2.75, 3.05) is 37.6 Å². The molecule has 1 saturated heterocycles. The van der Waals surface area contributed by atoms with Gasteiger partial charge in [0.1, 0.15) is 0 Å². The lowest BCUT2D eigenvalue weighted by Gasteiger charge is -2.36. The third-order valence-corrected chi connectivity index (χ3v) is 4.43. The van der Waals surface area contributed by atoms with Crippen molar-refractivity contribution in [3.05, 3.63) is 29.3 Å². The molecule has 1 aromatic carbocycles. The third-order valence-electron chi connectivity index (χ3n) is 4.17. The first-order chi connectivity index (χ1) is 11.5. The molecule has 1 unspecified atom stereocenters. The summed E-state index contributed by atoms with van der Waals surface area (Å²) in [4.78, 5) is 28.0. The minimum absolute atomic E-state index is 0. The summed E-state index contributed by atoms with van der Waals surface area (Å²) in [5.74, 6) is -0.326. The van der Waals surface area contributed by atoms with E-state index < -0.39 is 6.04 Å². The van der Waals surface area contributed by atoms with Gasteiger partial charge in [-0.05, 0) is 30.7 Å². The molecule has 0 spiro atoms. The van der Waals surface area contributed by atoms with Gasteiger partial charge in [-0.1, -0.05) is 24.9 Å². The predicted molar refractivity (Wildman–Crippen MR) is 103 cm³/mol. The second-order valence-electron chi connectivity index (χ2n) is 5.96. The fourth-order valence-electron chi connectivity index (χ4n) is 2.71. The minimum Gasteiger partial charge on any atom is -0.368 e. The van der Waals surface area contributed by atoms with E-state index in [1.807, 2.05) is 31.2 Å². The summed E-state index contributed by atoms with van der Waals surface area (Å²) < 4.78 is 0. The van der Waals surface area contributed by atoms with Crippen molar-refractivity contribution in [3.63, 3.8) is 0 Å². The van der Waals surface area contributed by atoms with Crippen molar-refractivity contribution < 1.29 is 9.59 Å². The Kier molecular flexibility index (Phi) is 9.03. The van der Waals surface area contributed by atoms with E-state index in [1.54, 1.807) is 4.90 Å². The molecule has 1 heterocycles. The van der Waals surface area contributed by atoms with Gasteiger partial charge in [-0.25, -0.2) is 0 Å². The zero-order valence-electron chi connectivity index (χ0n) is 14.4. The van der Waals surface area contributed by atoms with Crippen LogP contribution in [0.2, 0.25) is 5.02 Å². The quantitative estimate of drug-likeness (QED) is 0.776. The second kappa shape index (κ2) is 10.5. The second-order valence-corrected chi connectivity index (χ2v) is 6.39. The molecule has 1 aliphatic heterocycles. The Morgan fingerprint density at radius 3 is 2.36 bits per heavy atom. The maximum absolute atomic E-state index is 12.2. The SMILES string of the molecule is CCCC(N)C(=O)NCC(=O)N1CCN(c2ccc(Cl)cc2)CC1.Cl. The molecular formula is C17H26Cl2N4O2. The number of hydrogen-bond acceptors (Lipinski definition) is 4. The zero-order valence-corrected chi connectivity index (χ0v) is 16.0. The number of nitrogens with one attached hydrogen (secondary N) is 1. The van der Waals surface area contributed by atoms with E-state index in [1.165, 1.54) is 0 Å². The summed E-state index contributed by atoms with van der Waals surface area (Å²) in [7, 11) is 0. The average Bonchev–Trinajstić information content (AvgIpc) is 2.60. The Labute approximate surface area is 160 Å². The summed E-state index contributed by atoms with van der Waals surface area (Å²) in [6.07, 6.45) is 1.47. The molecule has 2 amide bonds. The van der Waals surface area contributed by atoms with Crippen LogP contribution < -0.4 is 16.0 Å². The van der Waals surface area contributed by atoms with Crippen molar-refractivity contribution in [3.8, 4) is 0 Å². The van der Waals surface area contributed by atoms with Gasteiger partial charge in [-0.15, -0.1) is 12.4 Å². The van der Waals surface area contributed by atoms with Crippen LogP contribution in [0.3, 0.4) is 0 Å². The van der Waals surface area contributed by atoms with Crippen LogP contribution in [0.4, 0.5) is 5.69 Å². The average molecular weight is 389 g/mol. The zero-order chi connectivity index (χ0) is 17.5. The highest BCUT2D eigenvalue weighted by molar-refractivity contribution is 6.30. The Morgan fingerprint density at radius 2 is 1.80 bits per heavy atom. The Bertz CT molecular complexity index is 560.